The third-order valence-corrected chi connectivity index (χ3v) is 5.91. The van der Waals surface area contributed by atoms with Crippen molar-refractivity contribution in [2.24, 2.45) is 0 Å². The first-order chi connectivity index (χ1) is 17.5. The molecule has 1 N–H and O–H groups in total. The second kappa shape index (κ2) is 9.84. The molecular weight excluding hydrogens is 459 g/mol. The molecule has 178 valence electrons. The number of benzene rings is 3. The molecule has 1 atom stereocenters. The van der Waals surface area contributed by atoms with Gasteiger partial charge in [0.1, 0.15) is 23.1 Å². The Morgan fingerprint density at radius 2 is 1.58 bits per heavy atom. The second-order valence-corrected chi connectivity index (χ2v) is 8.28. The van der Waals surface area contributed by atoms with E-state index in [0.29, 0.717) is 17.1 Å². The molecule has 4 aromatic rings. The van der Waals surface area contributed by atoms with Crippen LogP contribution >= 0.6 is 0 Å². The zero-order valence-electron chi connectivity index (χ0n) is 19.0. The van der Waals surface area contributed by atoms with Crippen LogP contribution < -0.4 is 4.74 Å². The Morgan fingerprint density at radius 1 is 0.889 bits per heavy atom. The van der Waals surface area contributed by atoms with Crippen molar-refractivity contribution in [3.05, 3.63) is 131 Å². The summed E-state index contributed by atoms with van der Waals surface area (Å²) in [4.78, 5) is 31.8. The number of aliphatic hydroxyl groups excluding tert-OH is 1. The highest BCUT2D eigenvalue weighted by Gasteiger charge is 2.46. The molecule has 0 saturated carbocycles. The average Bonchev–Trinajstić information content (AvgIpc) is 3.15. The van der Waals surface area contributed by atoms with Crippen molar-refractivity contribution in [1.29, 1.82) is 0 Å². The van der Waals surface area contributed by atoms with Crippen molar-refractivity contribution in [2.75, 3.05) is 0 Å². The van der Waals surface area contributed by atoms with Crippen LogP contribution in [0.1, 0.15) is 22.7 Å². The Morgan fingerprint density at radius 3 is 2.31 bits per heavy atom. The number of rotatable bonds is 6. The summed E-state index contributed by atoms with van der Waals surface area (Å²) >= 11 is 0. The lowest BCUT2D eigenvalue weighted by Crippen LogP contribution is -2.29. The number of ketones is 1. The topological polar surface area (TPSA) is 79.7 Å². The van der Waals surface area contributed by atoms with Crippen molar-refractivity contribution in [3.8, 4) is 11.5 Å². The molecule has 7 heteroatoms. The van der Waals surface area contributed by atoms with Gasteiger partial charge < -0.3 is 14.7 Å². The fourth-order valence-corrected chi connectivity index (χ4v) is 4.21. The molecule has 1 unspecified atom stereocenters. The molecule has 0 spiro atoms. The molecule has 0 bridgehead atoms. The van der Waals surface area contributed by atoms with Crippen LogP contribution in [-0.2, 0) is 16.1 Å². The van der Waals surface area contributed by atoms with Crippen LogP contribution in [0, 0.1) is 5.82 Å². The van der Waals surface area contributed by atoms with Crippen LogP contribution in [0.4, 0.5) is 4.39 Å². The highest BCUT2D eigenvalue weighted by Crippen LogP contribution is 2.41. The minimum Gasteiger partial charge on any atom is -0.507 e. The molecule has 1 aromatic heterocycles. The van der Waals surface area contributed by atoms with E-state index in [9.17, 15) is 19.1 Å². The number of carbonyl (C=O) groups is 2. The van der Waals surface area contributed by atoms with Crippen LogP contribution in [0.15, 0.2) is 109 Å². The molecule has 36 heavy (non-hydrogen) atoms. The van der Waals surface area contributed by atoms with Crippen molar-refractivity contribution in [1.82, 2.24) is 9.88 Å². The fraction of sp³-hybridized carbons (Fsp3) is 0.0690. The van der Waals surface area contributed by atoms with E-state index >= 15 is 0 Å². The monoisotopic (exact) mass is 480 g/mol. The van der Waals surface area contributed by atoms with Crippen molar-refractivity contribution in [2.45, 2.75) is 12.6 Å². The Hall–Kier alpha value is -4.78. The number of nitrogens with zero attached hydrogens (tertiary/aromatic N) is 2. The number of Topliss-reactive ketones (excluding diaryl/α,β-unsaturated/α-hetero) is 1. The van der Waals surface area contributed by atoms with Gasteiger partial charge in [0.25, 0.3) is 11.7 Å². The van der Waals surface area contributed by atoms with Crippen LogP contribution in [0.2, 0.25) is 0 Å². The fourth-order valence-electron chi connectivity index (χ4n) is 4.21. The average molecular weight is 480 g/mol. The molecule has 0 aliphatic carbocycles. The van der Waals surface area contributed by atoms with Gasteiger partial charge in [-0.2, -0.15) is 0 Å². The highest BCUT2D eigenvalue weighted by atomic mass is 19.1. The number of likely N-dealkylation sites (tertiary alicyclic amines) is 1. The third-order valence-electron chi connectivity index (χ3n) is 5.91. The van der Waals surface area contributed by atoms with E-state index in [-0.39, 0.29) is 23.4 Å². The maximum absolute atomic E-state index is 13.5. The first-order valence-corrected chi connectivity index (χ1v) is 11.3. The summed E-state index contributed by atoms with van der Waals surface area (Å²) in [5.41, 5.74) is 1.52. The van der Waals surface area contributed by atoms with E-state index in [1.807, 2.05) is 30.3 Å². The van der Waals surface area contributed by atoms with Gasteiger partial charge in [0, 0.05) is 24.5 Å². The van der Waals surface area contributed by atoms with E-state index in [4.69, 9.17) is 4.74 Å². The van der Waals surface area contributed by atoms with Gasteiger partial charge in [0.2, 0.25) is 0 Å². The standard InChI is InChI=1S/C29H21FN2O4/c30-22-11-9-20(10-12-22)27(33)25-26(32(29(35)28(25)34)18-19-13-15-31-16-14-19)21-5-4-8-24(17-21)36-23-6-2-1-3-7-23/h1-17,26,33H,18H2/b27-25-. The van der Waals surface area contributed by atoms with Gasteiger partial charge >= 0.3 is 0 Å². The lowest BCUT2D eigenvalue weighted by Gasteiger charge is -2.25. The second-order valence-electron chi connectivity index (χ2n) is 8.28. The summed E-state index contributed by atoms with van der Waals surface area (Å²) in [6.07, 6.45) is 3.21. The maximum Gasteiger partial charge on any atom is 0.295 e. The SMILES string of the molecule is O=C1C(=O)N(Cc2ccncc2)C(c2cccc(Oc3ccccc3)c2)/C1=C(/O)c1ccc(F)cc1. The lowest BCUT2D eigenvalue weighted by molar-refractivity contribution is -0.140. The van der Waals surface area contributed by atoms with Gasteiger partial charge in [-0.05, 0) is 71.8 Å². The Balaban J connectivity index is 1.61. The van der Waals surface area contributed by atoms with Gasteiger partial charge in [-0.15, -0.1) is 0 Å². The van der Waals surface area contributed by atoms with Crippen LogP contribution in [0.25, 0.3) is 5.76 Å². The first-order valence-electron chi connectivity index (χ1n) is 11.3. The molecule has 0 radical (unpaired) electrons. The smallest absolute Gasteiger partial charge is 0.295 e. The Bertz CT molecular complexity index is 1440. The minimum absolute atomic E-state index is 0.0717. The lowest BCUT2D eigenvalue weighted by atomic mass is 9.95. The van der Waals surface area contributed by atoms with Gasteiger partial charge in [0.15, 0.2) is 0 Å². The molecule has 1 aliphatic rings. The highest BCUT2D eigenvalue weighted by molar-refractivity contribution is 6.46. The van der Waals surface area contributed by atoms with E-state index in [1.54, 1.807) is 48.8 Å². The molecule has 6 nitrogen and oxygen atoms in total. The zero-order chi connectivity index (χ0) is 25.1. The van der Waals surface area contributed by atoms with Gasteiger partial charge in [-0.25, -0.2) is 4.39 Å². The molecule has 1 saturated heterocycles. The van der Waals surface area contributed by atoms with Gasteiger partial charge in [0.05, 0.1) is 11.6 Å². The summed E-state index contributed by atoms with van der Waals surface area (Å²) < 4.78 is 19.5. The number of hydrogen-bond donors (Lipinski definition) is 1. The molecule has 3 aromatic carbocycles. The van der Waals surface area contributed by atoms with E-state index in [1.165, 1.54) is 29.2 Å². The van der Waals surface area contributed by atoms with Gasteiger partial charge in [-0.3, -0.25) is 14.6 Å². The quantitative estimate of drug-likeness (QED) is 0.220. The van der Waals surface area contributed by atoms with E-state index in [2.05, 4.69) is 4.98 Å². The van der Waals surface area contributed by atoms with Crippen LogP contribution in [0.5, 0.6) is 11.5 Å². The Labute approximate surface area is 206 Å². The number of hydrogen-bond acceptors (Lipinski definition) is 5. The number of carbonyl (C=O) groups excluding carboxylic acids is 2. The number of halogens is 1. The summed E-state index contributed by atoms with van der Waals surface area (Å²) in [5.74, 6) is -1.26. The minimum atomic E-state index is -0.887. The number of para-hydroxylation sites is 1. The van der Waals surface area contributed by atoms with Crippen molar-refractivity contribution in [3.63, 3.8) is 0 Å². The summed E-state index contributed by atoms with van der Waals surface area (Å²) in [6, 6.07) is 24.0. The molecular formula is C29H21FN2O4. The van der Waals surface area contributed by atoms with Crippen LogP contribution in [-0.4, -0.2) is 26.7 Å². The van der Waals surface area contributed by atoms with Crippen molar-refractivity contribution < 1.29 is 23.8 Å². The number of aliphatic hydroxyl groups is 1. The number of amides is 1. The number of ether oxygens (including phenoxy) is 1. The third kappa shape index (κ3) is 4.59. The number of aromatic nitrogens is 1. The Kier molecular flexibility index (Phi) is 6.28. The summed E-state index contributed by atoms with van der Waals surface area (Å²) in [7, 11) is 0. The molecule has 2 heterocycles. The van der Waals surface area contributed by atoms with Crippen LogP contribution in [0.3, 0.4) is 0 Å². The molecule has 5 rings (SSSR count). The molecule has 1 amide bonds. The zero-order valence-corrected chi connectivity index (χ0v) is 19.0. The number of pyridine rings is 1. The largest absolute Gasteiger partial charge is 0.507 e. The van der Waals surface area contributed by atoms with Gasteiger partial charge in [-0.1, -0.05) is 30.3 Å². The molecule has 1 aliphatic heterocycles. The van der Waals surface area contributed by atoms with Crippen molar-refractivity contribution >= 4 is 17.4 Å². The first kappa shape index (κ1) is 23.0. The maximum atomic E-state index is 13.5. The normalized spacial score (nSPS) is 16.8. The summed E-state index contributed by atoms with van der Waals surface area (Å²) in [5, 5.41) is 11.1. The summed E-state index contributed by atoms with van der Waals surface area (Å²) in [6.45, 7) is 0.127. The van der Waals surface area contributed by atoms with E-state index < -0.39 is 23.5 Å². The predicted octanol–water partition coefficient (Wildman–Crippen LogP) is 5.63. The predicted molar refractivity (Wildman–Crippen MR) is 131 cm³/mol. The van der Waals surface area contributed by atoms with E-state index in [0.717, 1.165) is 5.56 Å². The molecule has 1 fully saturated rings.